The summed E-state index contributed by atoms with van der Waals surface area (Å²) >= 11 is 3.31. The number of rotatable bonds is 3. The van der Waals surface area contributed by atoms with Crippen molar-refractivity contribution in [3.8, 4) is 0 Å². The molecule has 0 N–H and O–H groups in total. The molecule has 3 heteroatoms. The highest BCUT2D eigenvalue weighted by molar-refractivity contribution is 9.10. The molecule has 0 aliphatic heterocycles. The van der Waals surface area contributed by atoms with Gasteiger partial charge in [0.2, 0.25) is 0 Å². The van der Waals surface area contributed by atoms with Gasteiger partial charge in [0.15, 0.2) is 0 Å². The Kier molecular flexibility index (Phi) is 4.56. The molecule has 0 heterocycles. The third-order valence-electron chi connectivity index (χ3n) is 2.00. The molecule has 1 rings (SSSR count). The molecule has 2 nitrogen and oxygen atoms in total. The van der Waals surface area contributed by atoms with E-state index in [1.54, 1.807) is 12.1 Å². The third kappa shape index (κ3) is 3.88. The second kappa shape index (κ2) is 5.71. The first-order valence-electron chi connectivity index (χ1n) is 4.68. The number of carbonyl (C=O) groups is 1. The molecule has 0 spiro atoms. The van der Waals surface area contributed by atoms with Crippen LogP contribution in [0.25, 0.3) is 0 Å². The molecule has 0 aromatic heterocycles. The second-order valence-electron chi connectivity index (χ2n) is 3.22. The lowest BCUT2D eigenvalue weighted by Gasteiger charge is -2.04. The molecule has 0 radical (unpaired) electrons. The van der Waals surface area contributed by atoms with Crippen molar-refractivity contribution in [1.82, 2.24) is 0 Å². The lowest BCUT2D eigenvalue weighted by atomic mass is 10.2. The van der Waals surface area contributed by atoms with Gasteiger partial charge in [0.25, 0.3) is 0 Å². The highest BCUT2D eigenvalue weighted by Gasteiger charge is 2.06. The lowest BCUT2D eigenvalue weighted by molar-refractivity contribution is 0.0540. The molecule has 1 aromatic carbocycles. The Balaban J connectivity index is 2.58. The smallest absolute Gasteiger partial charge is 0.338 e. The predicted octanol–water partition coefficient (Wildman–Crippen LogP) is 3.57. The summed E-state index contributed by atoms with van der Waals surface area (Å²) in [6.45, 7) is 4.20. The van der Waals surface area contributed by atoms with Crippen LogP contribution >= 0.6 is 15.9 Å². The minimum atomic E-state index is -0.288. The molecule has 1 aromatic rings. The Morgan fingerprint density at radius 3 is 2.53 bits per heavy atom. The van der Waals surface area contributed by atoms with Crippen molar-refractivity contribution in [2.45, 2.75) is 13.8 Å². The van der Waals surface area contributed by atoms with Gasteiger partial charge in [-0.3, -0.25) is 0 Å². The number of carbonyl (C=O) groups excluding carboxylic acids is 1. The summed E-state index contributed by atoms with van der Waals surface area (Å²) in [4.78, 5) is 11.5. The Morgan fingerprint density at radius 1 is 1.40 bits per heavy atom. The van der Waals surface area contributed by atoms with E-state index in [0.717, 1.165) is 10.0 Å². The molecule has 0 saturated carbocycles. The third-order valence-corrected chi connectivity index (χ3v) is 2.53. The van der Waals surface area contributed by atoms with Crippen LogP contribution in [0.3, 0.4) is 0 Å². The van der Waals surface area contributed by atoms with Gasteiger partial charge in [-0.2, -0.15) is 0 Å². The average molecular weight is 269 g/mol. The van der Waals surface area contributed by atoms with E-state index in [1.165, 1.54) is 0 Å². The molecule has 0 amide bonds. The average Bonchev–Trinajstić information content (AvgIpc) is 2.26. The van der Waals surface area contributed by atoms with Crippen LogP contribution in [-0.4, -0.2) is 12.6 Å². The molecular formula is C12H13BrO2. The predicted molar refractivity (Wildman–Crippen MR) is 63.9 cm³/mol. The van der Waals surface area contributed by atoms with Gasteiger partial charge in [0.1, 0.15) is 6.61 Å². The number of allylic oxidation sites excluding steroid dienone is 1. The minimum Gasteiger partial charge on any atom is -0.458 e. The van der Waals surface area contributed by atoms with E-state index in [2.05, 4.69) is 15.9 Å². The maximum atomic E-state index is 11.5. The number of halogens is 1. The van der Waals surface area contributed by atoms with Gasteiger partial charge in [0.05, 0.1) is 5.56 Å². The highest BCUT2D eigenvalue weighted by atomic mass is 79.9. The fourth-order valence-electron chi connectivity index (χ4n) is 0.932. The van der Waals surface area contributed by atoms with Gasteiger partial charge in [0, 0.05) is 4.47 Å². The van der Waals surface area contributed by atoms with Crippen molar-refractivity contribution in [2.24, 2.45) is 0 Å². The summed E-state index contributed by atoms with van der Waals surface area (Å²) in [6.07, 6.45) is 1.93. The SMILES string of the molecule is CC=C(C)COC(=O)c1ccc(Br)cc1. The van der Waals surface area contributed by atoms with Crippen LogP contribution < -0.4 is 0 Å². The Morgan fingerprint density at radius 2 is 2.00 bits per heavy atom. The van der Waals surface area contributed by atoms with E-state index in [9.17, 15) is 4.79 Å². The maximum Gasteiger partial charge on any atom is 0.338 e. The van der Waals surface area contributed by atoms with Crippen molar-refractivity contribution in [3.63, 3.8) is 0 Å². The normalized spacial score (nSPS) is 11.3. The van der Waals surface area contributed by atoms with Crippen molar-refractivity contribution in [1.29, 1.82) is 0 Å². The van der Waals surface area contributed by atoms with Crippen LogP contribution in [0.2, 0.25) is 0 Å². The Labute approximate surface area is 98.1 Å². The van der Waals surface area contributed by atoms with Crippen molar-refractivity contribution in [3.05, 3.63) is 46.0 Å². The zero-order chi connectivity index (χ0) is 11.3. The topological polar surface area (TPSA) is 26.3 Å². The highest BCUT2D eigenvalue weighted by Crippen LogP contribution is 2.11. The van der Waals surface area contributed by atoms with Crippen LogP contribution in [-0.2, 0) is 4.74 Å². The quantitative estimate of drug-likeness (QED) is 0.619. The molecule has 0 saturated heterocycles. The minimum absolute atomic E-state index is 0.288. The Bertz CT molecular complexity index is 366. The molecule has 0 unspecified atom stereocenters. The number of ether oxygens (including phenoxy) is 1. The molecule has 0 atom stereocenters. The summed E-state index contributed by atoms with van der Waals surface area (Å²) in [7, 11) is 0. The summed E-state index contributed by atoms with van der Waals surface area (Å²) in [5.74, 6) is -0.288. The summed E-state index contributed by atoms with van der Waals surface area (Å²) in [6, 6.07) is 7.10. The van der Waals surface area contributed by atoms with Crippen LogP contribution in [0.1, 0.15) is 24.2 Å². The fraction of sp³-hybridized carbons (Fsp3) is 0.250. The van der Waals surface area contributed by atoms with Gasteiger partial charge >= 0.3 is 5.97 Å². The molecule has 0 aliphatic carbocycles. The van der Waals surface area contributed by atoms with E-state index in [0.29, 0.717) is 12.2 Å². The van der Waals surface area contributed by atoms with Crippen LogP contribution in [0.4, 0.5) is 0 Å². The number of hydrogen-bond acceptors (Lipinski definition) is 2. The number of benzene rings is 1. The first-order valence-corrected chi connectivity index (χ1v) is 5.47. The van der Waals surface area contributed by atoms with Crippen molar-refractivity contribution < 1.29 is 9.53 Å². The van der Waals surface area contributed by atoms with E-state index < -0.39 is 0 Å². The monoisotopic (exact) mass is 268 g/mol. The summed E-state index contributed by atoms with van der Waals surface area (Å²) in [5, 5.41) is 0. The standard InChI is InChI=1S/C12H13BrO2/c1-3-9(2)8-15-12(14)10-4-6-11(13)7-5-10/h3-7H,8H2,1-2H3. The molecular weight excluding hydrogens is 256 g/mol. The van der Waals surface area contributed by atoms with Gasteiger partial charge in [-0.15, -0.1) is 0 Å². The first kappa shape index (κ1) is 12.0. The zero-order valence-electron chi connectivity index (χ0n) is 8.79. The maximum absolute atomic E-state index is 11.5. The lowest BCUT2D eigenvalue weighted by Crippen LogP contribution is -2.06. The van der Waals surface area contributed by atoms with E-state index in [-0.39, 0.29) is 5.97 Å². The number of hydrogen-bond donors (Lipinski definition) is 0. The summed E-state index contributed by atoms with van der Waals surface area (Å²) in [5.41, 5.74) is 1.61. The van der Waals surface area contributed by atoms with Crippen LogP contribution in [0.15, 0.2) is 40.4 Å². The fourth-order valence-corrected chi connectivity index (χ4v) is 1.20. The zero-order valence-corrected chi connectivity index (χ0v) is 10.4. The number of esters is 1. The first-order chi connectivity index (χ1) is 7.13. The van der Waals surface area contributed by atoms with Crippen molar-refractivity contribution >= 4 is 21.9 Å². The van der Waals surface area contributed by atoms with E-state index in [4.69, 9.17) is 4.74 Å². The molecule has 0 aliphatic rings. The van der Waals surface area contributed by atoms with E-state index in [1.807, 2.05) is 32.1 Å². The van der Waals surface area contributed by atoms with Crippen LogP contribution in [0, 0.1) is 0 Å². The molecule has 15 heavy (non-hydrogen) atoms. The van der Waals surface area contributed by atoms with Gasteiger partial charge < -0.3 is 4.74 Å². The van der Waals surface area contributed by atoms with Gasteiger partial charge in [-0.25, -0.2) is 4.79 Å². The molecule has 0 bridgehead atoms. The van der Waals surface area contributed by atoms with E-state index >= 15 is 0 Å². The van der Waals surface area contributed by atoms with Gasteiger partial charge in [-0.1, -0.05) is 22.0 Å². The van der Waals surface area contributed by atoms with Crippen LogP contribution in [0.5, 0.6) is 0 Å². The Hall–Kier alpha value is -1.09. The molecule has 80 valence electrons. The largest absolute Gasteiger partial charge is 0.458 e. The van der Waals surface area contributed by atoms with Gasteiger partial charge in [-0.05, 0) is 43.7 Å². The molecule has 0 fully saturated rings. The second-order valence-corrected chi connectivity index (χ2v) is 4.13. The summed E-state index contributed by atoms with van der Waals surface area (Å²) < 4.78 is 6.05. The van der Waals surface area contributed by atoms with Crippen molar-refractivity contribution in [2.75, 3.05) is 6.61 Å².